The van der Waals surface area contributed by atoms with E-state index < -0.39 is 5.97 Å². The van der Waals surface area contributed by atoms with Gasteiger partial charge in [-0.2, -0.15) is 0 Å². The fourth-order valence-electron chi connectivity index (χ4n) is 3.84. The summed E-state index contributed by atoms with van der Waals surface area (Å²) in [6, 6.07) is 17.1. The Bertz CT molecular complexity index is 1340. The third kappa shape index (κ3) is 3.93. The summed E-state index contributed by atoms with van der Waals surface area (Å²) in [5.41, 5.74) is 3.52. The maximum atomic E-state index is 13.1. The molecule has 1 amide bonds. The van der Waals surface area contributed by atoms with Crippen LogP contribution in [0.2, 0.25) is 0 Å². The van der Waals surface area contributed by atoms with Crippen LogP contribution in [0, 0.1) is 3.57 Å². The molecule has 0 saturated carbocycles. The lowest BCUT2D eigenvalue weighted by molar-refractivity contribution is 0.0689. The van der Waals surface area contributed by atoms with E-state index >= 15 is 0 Å². The topological polar surface area (TPSA) is 95.4 Å². The van der Waals surface area contributed by atoms with Crippen LogP contribution >= 0.6 is 33.9 Å². The summed E-state index contributed by atoms with van der Waals surface area (Å²) >= 11 is 3.41. The first-order valence-corrected chi connectivity index (χ1v) is 11.8. The van der Waals surface area contributed by atoms with E-state index in [1.165, 1.54) is 11.3 Å². The molecule has 0 spiro atoms. The number of halogens is 1. The number of carboxylic acids is 1. The van der Waals surface area contributed by atoms with Crippen molar-refractivity contribution in [3.63, 3.8) is 0 Å². The highest BCUT2D eigenvalue weighted by Crippen LogP contribution is 2.29. The first-order valence-electron chi connectivity index (χ1n) is 9.92. The molecule has 0 aliphatic carbocycles. The van der Waals surface area contributed by atoms with E-state index in [0.717, 1.165) is 27.8 Å². The Balaban J connectivity index is 1.43. The number of rotatable bonds is 4. The minimum Gasteiger partial charge on any atom is -0.476 e. The van der Waals surface area contributed by atoms with E-state index in [-0.39, 0.29) is 11.6 Å². The fraction of sp³-hybridized carbons (Fsp3) is 0.130. The molecule has 9 heteroatoms. The lowest BCUT2D eigenvalue weighted by Crippen LogP contribution is -2.33. The van der Waals surface area contributed by atoms with Gasteiger partial charge in [0, 0.05) is 22.2 Å². The predicted octanol–water partition coefficient (Wildman–Crippen LogP) is 4.81. The summed E-state index contributed by atoms with van der Waals surface area (Å²) in [5.74, 6) is -0.663. The molecule has 4 aromatic rings. The van der Waals surface area contributed by atoms with E-state index in [1.807, 2.05) is 76.0 Å². The number of aromatic nitrogens is 2. The first-order chi connectivity index (χ1) is 15.5. The van der Waals surface area contributed by atoms with Crippen molar-refractivity contribution in [3.8, 4) is 0 Å². The monoisotopic (exact) mass is 556 g/mol. The zero-order valence-corrected chi connectivity index (χ0v) is 19.7. The quantitative estimate of drug-likeness (QED) is 0.351. The second-order valence-corrected chi connectivity index (χ2v) is 9.55. The van der Waals surface area contributed by atoms with Gasteiger partial charge < -0.3 is 10.0 Å². The molecule has 7 nitrogen and oxygen atoms in total. The summed E-state index contributed by atoms with van der Waals surface area (Å²) < 4.78 is 1.61. The highest BCUT2D eigenvalue weighted by atomic mass is 127. The fourth-order valence-corrected chi connectivity index (χ4v) is 5.23. The van der Waals surface area contributed by atoms with Gasteiger partial charge in [0.05, 0.1) is 10.2 Å². The van der Waals surface area contributed by atoms with Gasteiger partial charge in [-0.25, -0.2) is 14.8 Å². The summed E-state index contributed by atoms with van der Waals surface area (Å²) in [4.78, 5) is 35.5. The summed E-state index contributed by atoms with van der Waals surface area (Å²) in [7, 11) is 0. The molecule has 2 aromatic carbocycles. The van der Waals surface area contributed by atoms with Gasteiger partial charge in [0.1, 0.15) is 5.82 Å². The van der Waals surface area contributed by atoms with Crippen LogP contribution in [0.4, 0.5) is 10.9 Å². The van der Waals surface area contributed by atoms with Crippen LogP contribution in [0.5, 0.6) is 0 Å². The van der Waals surface area contributed by atoms with Gasteiger partial charge in [0.2, 0.25) is 0 Å². The molecule has 5 rings (SSSR count). The Morgan fingerprint density at radius 3 is 2.72 bits per heavy atom. The number of amides is 1. The smallest absolute Gasteiger partial charge is 0.355 e. The number of pyridine rings is 1. The number of carbonyl (C=O) groups excluding carboxylic acids is 1. The third-order valence-corrected chi connectivity index (χ3v) is 7.21. The van der Waals surface area contributed by atoms with Gasteiger partial charge in [-0.05, 0) is 70.5 Å². The van der Waals surface area contributed by atoms with Crippen LogP contribution in [0.15, 0.2) is 54.6 Å². The van der Waals surface area contributed by atoms with Gasteiger partial charge >= 0.3 is 5.97 Å². The average molecular weight is 556 g/mol. The normalized spacial score (nSPS) is 13.1. The molecule has 0 unspecified atom stereocenters. The Morgan fingerprint density at radius 1 is 1.06 bits per heavy atom. The molecule has 0 bridgehead atoms. The van der Waals surface area contributed by atoms with Gasteiger partial charge in [0.15, 0.2) is 10.8 Å². The van der Waals surface area contributed by atoms with Crippen molar-refractivity contribution >= 4 is 67.0 Å². The third-order valence-electron chi connectivity index (χ3n) is 5.39. The standard InChI is InChI=1S/C23H17IN4O3S/c24-16-8-9-19(26-20(16)22(30)31)28-11-10-13-4-3-5-14(15(13)12-28)21(29)27-23-25-17-6-1-2-7-18(17)32-23/h1-9H,10-12H2,(H,30,31)(H,25,27,29). The van der Waals surface area contributed by atoms with Crippen LogP contribution in [0.3, 0.4) is 0 Å². The van der Waals surface area contributed by atoms with Gasteiger partial charge in [-0.1, -0.05) is 35.6 Å². The molecule has 1 aliphatic rings. The van der Waals surface area contributed by atoms with E-state index in [2.05, 4.69) is 15.3 Å². The molecule has 0 saturated heterocycles. The van der Waals surface area contributed by atoms with Crippen molar-refractivity contribution in [3.05, 3.63) is 80.6 Å². The van der Waals surface area contributed by atoms with Gasteiger partial charge in [0.25, 0.3) is 5.91 Å². The lowest BCUT2D eigenvalue weighted by atomic mass is 9.94. The van der Waals surface area contributed by atoms with Crippen molar-refractivity contribution in [2.75, 3.05) is 16.8 Å². The molecule has 0 fully saturated rings. The van der Waals surface area contributed by atoms with Crippen LogP contribution in [-0.2, 0) is 13.0 Å². The zero-order valence-electron chi connectivity index (χ0n) is 16.7. The van der Waals surface area contributed by atoms with Crippen molar-refractivity contribution in [2.45, 2.75) is 13.0 Å². The van der Waals surface area contributed by atoms with Crippen molar-refractivity contribution < 1.29 is 14.7 Å². The van der Waals surface area contributed by atoms with E-state index in [1.54, 1.807) is 6.07 Å². The predicted molar refractivity (Wildman–Crippen MR) is 133 cm³/mol. The number of anilines is 2. The number of nitrogens with one attached hydrogen (secondary N) is 1. The van der Waals surface area contributed by atoms with Crippen molar-refractivity contribution in [1.82, 2.24) is 9.97 Å². The van der Waals surface area contributed by atoms with Crippen molar-refractivity contribution in [2.24, 2.45) is 0 Å². The highest BCUT2D eigenvalue weighted by molar-refractivity contribution is 14.1. The van der Waals surface area contributed by atoms with E-state index in [0.29, 0.717) is 33.2 Å². The molecule has 0 atom stereocenters. The molecule has 160 valence electrons. The number of thiazole rings is 1. The number of para-hydroxylation sites is 1. The van der Waals surface area contributed by atoms with E-state index in [9.17, 15) is 14.7 Å². The molecule has 3 heterocycles. The molecule has 0 radical (unpaired) electrons. The Labute approximate surface area is 201 Å². The first kappa shape index (κ1) is 20.8. The van der Waals surface area contributed by atoms with Gasteiger partial charge in [-0.3, -0.25) is 10.1 Å². The minimum absolute atomic E-state index is 0.0377. The highest BCUT2D eigenvalue weighted by Gasteiger charge is 2.24. The Hall–Kier alpha value is -3.05. The van der Waals surface area contributed by atoms with Crippen LogP contribution in [0.25, 0.3) is 10.2 Å². The van der Waals surface area contributed by atoms with Crippen LogP contribution in [0.1, 0.15) is 32.0 Å². The Kier molecular flexibility index (Phi) is 5.51. The maximum Gasteiger partial charge on any atom is 0.355 e. The number of aromatic carboxylic acids is 1. The number of hydrogen-bond acceptors (Lipinski definition) is 6. The largest absolute Gasteiger partial charge is 0.476 e. The molecule has 32 heavy (non-hydrogen) atoms. The number of nitrogens with zero attached hydrogens (tertiary/aromatic N) is 3. The maximum absolute atomic E-state index is 13.1. The van der Waals surface area contributed by atoms with Crippen LogP contribution < -0.4 is 10.2 Å². The minimum atomic E-state index is -1.05. The summed E-state index contributed by atoms with van der Waals surface area (Å²) in [6.45, 7) is 1.17. The second-order valence-electron chi connectivity index (χ2n) is 7.36. The SMILES string of the molecule is O=C(Nc1nc2ccccc2s1)c1cccc2c1CN(c1ccc(I)c(C(=O)O)n1)CC2. The van der Waals surface area contributed by atoms with Crippen LogP contribution in [-0.4, -0.2) is 33.5 Å². The number of fused-ring (bicyclic) bond motifs is 2. The molecule has 2 aromatic heterocycles. The lowest BCUT2D eigenvalue weighted by Gasteiger charge is -2.31. The number of hydrogen-bond donors (Lipinski definition) is 2. The van der Waals surface area contributed by atoms with Crippen molar-refractivity contribution in [1.29, 1.82) is 0 Å². The van der Waals surface area contributed by atoms with Gasteiger partial charge in [-0.15, -0.1) is 0 Å². The second kappa shape index (κ2) is 8.47. The Morgan fingerprint density at radius 2 is 1.91 bits per heavy atom. The number of carbonyl (C=O) groups is 2. The summed E-state index contributed by atoms with van der Waals surface area (Å²) in [6.07, 6.45) is 0.744. The average Bonchev–Trinajstić information content (AvgIpc) is 3.20. The number of carboxylic acid groups (broad SMARTS) is 1. The molecule has 2 N–H and O–H groups in total. The van der Waals surface area contributed by atoms with E-state index in [4.69, 9.17) is 0 Å². The molecular weight excluding hydrogens is 539 g/mol. The molecule has 1 aliphatic heterocycles. The summed E-state index contributed by atoms with van der Waals surface area (Å²) in [5, 5.41) is 12.9. The molecular formula is C23H17IN4O3S. The number of benzene rings is 2. The zero-order chi connectivity index (χ0) is 22.2.